The van der Waals surface area contributed by atoms with Crippen LogP contribution in [-0.4, -0.2) is 37.1 Å². The number of nitrogens with one attached hydrogen (secondary N) is 1. The van der Waals surface area contributed by atoms with Gasteiger partial charge in [-0.25, -0.2) is 4.79 Å². The van der Waals surface area contributed by atoms with Gasteiger partial charge < -0.3 is 19.2 Å². The lowest BCUT2D eigenvalue weighted by atomic mass is 10.1. The highest BCUT2D eigenvalue weighted by Crippen LogP contribution is 2.36. The molecule has 1 N–H and O–H groups in total. The molecule has 0 bridgehead atoms. The fourth-order valence-corrected chi connectivity index (χ4v) is 3.10. The average Bonchev–Trinajstić information content (AvgIpc) is 3.10. The summed E-state index contributed by atoms with van der Waals surface area (Å²) in [4.78, 5) is 28.2. The molecule has 6 nitrogen and oxygen atoms in total. The van der Waals surface area contributed by atoms with E-state index in [4.69, 9.17) is 25.8 Å². The Morgan fingerprint density at radius 2 is 1.85 bits per heavy atom. The van der Waals surface area contributed by atoms with Crippen LogP contribution in [0, 0.1) is 0 Å². The van der Waals surface area contributed by atoms with E-state index >= 15 is 0 Å². The quantitative estimate of drug-likeness (QED) is 0.505. The van der Waals surface area contributed by atoms with Crippen molar-refractivity contribution in [1.82, 2.24) is 4.98 Å². The lowest BCUT2D eigenvalue weighted by Crippen LogP contribution is -2.24. The highest BCUT2D eigenvalue weighted by atomic mass is 35.5. The number of aromatic nitrogens is 1. The number of benzene rings is 2. The van der Waals surface area contributed by atoms with Crippen LogP contribution in [0.2, 0.25) is 5.02 Å². The predicted octanol–water partition coefficient (Wildman–Crippen LogP) is 4.27. The number of hydrogen-bond acceptors (Lipinski definition) is 5. The first-order chi connectivity index (χ1) is 13.0. The minimum atomic E-state index is -0.969. The molecule has 1 atom stereocenters. The highest BCUT2D eigenvalue weighted by Gasteiger charge is 2.24. The number of para-hydroxylation sites is 1. The zero-order valence-electron chi connectivity index (χ0n) is 15.0. The van der Waals surface area contributed by atoms with E-state index in [1.54, 1.807) is 6.20 Å². The summed E-state index contributed by atoms with van der Waals surface area (Å²) in [6.07, 6.45) is 0.647. The lowest BCUT2D eigenvalue weighted by molar-refractivity contribution is 0.0319. The van der Waals surface area contributed by atoms with Gasteiger partial charge in [-0.05, 0) is 25.1 Å². The summed E-state index contributed by atoms with van der Waals surface area (Å²) in [6.45, 7) is 1.53. The van der Waals surface area contributed by atoms with Gasteiger partial charge >= 0.3 is 5.97 Å². The third-order valence-corrected chi connectivity index (χ3v) is 4.46. The molecule has 0 aliphatic heterocycles. The van der Waals surface area contributed by atoms with Crippen molar-refractivity contribution in [3.63, 3.8) is 0 Å². The first-order valence-corrected chi connectivity index (χ1v) is 8.57. The molecule has 7 heteroatoms. The number of rotatable bonds is 6. The summed E-state index contributed by atoms with van der Waals surface area (Å²) in [5.74, 6) is -0.364. The van der Waals surface area contributed by atoms with E-state index < -0.39 is 12.1 Å². The van der Waals surface area contributed by atoms with Crippen LogP contribution in [0.3, 0.4) is 0 Å². The number of carbonyl (C=O) groups is 2. The van der Waals surface area contributed by atoms with Crippen LogP contribution in [0.15, 0.2) is 42.6 Å². The maximum absolute atomic E-state index is 12.7. The van der Waals surface area contributed by atoms with Crippen LogP contribution in [0.4, 0.5) is 0 Å². The van der Waals surface area contributed by atoms with Crippen LogP contribution in [0.25, 0.3) is 10.9 Å². The van der Waals surface area contributed by atoms with Gasteiger partial charge in [0, 0.05) is 22.7 Å². The fourth-order valence-electron chi connectivity index (χ4n) is 2.81. The van der Waals surface area contributed by atoms with E-state index in [0.29, 0.717) is 17.1 Å². The van der Waals surface area contributed by atoms with Crippen molar-refractivity contribution in [3.8, 4) is 11.5 Å². The summed E-state index contributed by atoms with van der Waals surface area (Å²) in [6, 6.07) is 10.3. The van der Waals surface area contributed by atoms with Gasteiger partial charge in [-0.15, -0.1) is 0 Å². The first-order valence-electron chi connectivity index (χ1n) is 8.19. The predicted molar refractivity (Wildman–Crippen MR) is 102 cm³/mol. The number of esters is 1. The average molecular weight is 388 g/mol. The Morgan fingerprint density at radius 3 is 2.56 bits per heavy atom. The maximum atomic E-state index is 12.7. The number of ether oxygens (including phenoxy) is 3. The molecule has 1 aromatic heterocycles. The van der Waals surface area contributed by atoms with Crippen molar-refractivity contribution >= 4 is 34.3 Å². The van der Waals surface area contributed by atoms with Gasteiger partial charge in [0.2, 0.25) is 5.78 Å². The molecular formula is C20H18ClNO5. The Hall–Kier alpha value is -2.99. The van der Waals surface area contributed by atoms with Crippen LogP contribution >= 0.6 is 11.6 Å². The highest BCUT2D eigenvalue weighted by molar-refractivity contribution is 6.32. The van der Waals surface area contributed by atoms with Crippen LogP contribution in [0.5, 0.6) is 11.5 Å². The molecule has 1 heterocycles. The van der Waals surface area contributed by atoms with E-state index in [0.717, 1.165) is 10.9 Å². The van der Waals surface area contributed by atoms with E-state index in [2.05, 4.69) is 4.98 Å². The second-order valence-electron chi connectivity index (χ2n) is 5.85. The number of hydrogen-bond donors (Lipinski definition) is 1. The zero-order chi connectivity index (χ0) is 19.6. The molecule has 0 saturated heterocycles. The topological polar surface area (TPSA) is 77.6 Å². The molecule has 3 rings (SSSR count). The van der Waals surface area contributed by atoms with E-state index in [1.807, 2.05) is 24.3 Å². The molecule has 27 heavy (non-hydrogen) atoms. The molecule has 0 saturated carbocycles. The Kier molecular flexibility index (Phi) is 5.37. The summed E-state index contributed by atoms with van der Waals surface area (Å²) < 4.78 is 15.7. The van der Waals surface area contributed by atoms with E-state index in [9.17, 15) is 9.59 Å². The zero-order valence-corrected chi connectivity index (χ0v) is 15.8. The number of halogens is 1. The van der Waals surface area contributed by atoms with Gasteiger partial charge in [-0.1, -0.05) is 29.8 Å². The largest absolute Gasteiger partial charge is 0.493 e. The molecule has 0 radical (unpaired) electrons. The molecule has 0 spiro atoms. The van der Waals surface area contributed by atoms with Gasteiger partial charge in [-0.3, -0.25) is 4.79 Å². The Labute approximate surface area is 161 Å². The standard InChI is InChI=1S/C20H18ClNO5/c1-11(18(23)14-10-22-16-7-5-4-6-13(14)16)27-20(24)12-8-15(21)19(26-3)17(9-12)25-2/h4-11,22H,1-3H3. The fraction of sp³-hybridized carbons (Fsp3) is 0.200. The Bertz CT molecular complexity index is 1010. The van der Waals surface area contributed by atoms with Crippen molar-refractivity contribution in [2.75, 3.05) is 14.2 Å². The van der Waals surface area contributed by atoms with Crippen molar-refractivity contribution in [2.24, 2.45) is 0 Å². The summed E-state index contributed by atoms with van der Waals surface area (Å²) in [5.41, 5.74) is 1.47. The maximum Gasteiger partial charge on any atom is 0.339 e. The van der Waals surface area contributed by atoms with Crippen LogP contribution in [-0.2, 0) is 4.74 Å². The van der Waals surface area contributed by atoms with Gasteiger partial charge in [0.05, 0.1) is 24.8 Å². The second kappa shape index (κ2) is 7.72. The van der Waals surface area contributed by atoms with Crippen molar-refractivity contribution < 1.29 is 23.8 Å². The molecule has 2 aromatic carbocycles. The third-order valence-electron chi connectivity index (χ3n) is 4.18. The molecule has 0 aliphatic rings. The van der Waals surface area contributed by atoms with Crippen molar-refractivity contribution in [2.45, 2.75) is 13.0 Å². The third kappa shape index (κ3) is 3.61. The lowest BCUT2D eigenvalue weighted by Gasteiger charge is -2.14. The van der Waals surface area contributed by atoms with Crippen LogP contribution < -0.4 is 9.47 Å². The normalized spacial score (nSPS) is 11.9. The van der Waals surface area contributed by atoms with Gasteiger partial charge in [-0.2, -0.15) is 0 Å². The molecule has 1 unspecified atom stereocenters. The molecule has 0 amide bonds. The number of H-pyrrole nitrogens is 1. The Balaban J connectivity index is 1.81. The van der Waals surface area contributed by atoms with Crippen molar-refractivity contribution in [3.05, 3.63) is 58.7 Å². The summed E-state index contributed by atoms with van der Waals surface area (Å²) in [7, 11) is 2.89. The molecule has 3 aromatic rings. The monoisotopic (exact) mass is 387 g/mol. The first kappa shape index (κ1) is 18.8. The minimum Gasteiger partial charge on any atom is -0.493 e. The Morgan fingerprint density at radius 1 is 1.11 bits per heavy atom. The van der Waals surface area contributed by atoms with Crippen LogP contribution in [0.1, 0.15) is 27.6 Å². The summed E-state index contributed by atoms with van der Waals surface area (Å²) in [5, 5.41) is 0.985. The number of Topliss-reactive ketones (excluding diaryl/α,β-unsaturated/α-hetero) is 1. The number of fused-ring (bicyclic) bond motifs is 1. The van der Waals surface area contributed by atoms with Gasteiger partial charge in [0.15, 0.2) is 17.6 Å². The number of methoxy groups -OCH3 is 2. The number of ketones is 1. The minimum absolute atomic E-state index is 0.163. The van der Waals surface area contributed by atoms with E-state index in [1.165, 1.54) is 33.3 Å². The molecule has 0 fully saturated rings. The smallest absolute Gasteiger partial charge is 0.339 e. The SMILES string of the molecule is COc1cc(C(=O)OC(C)C(=O)c2c[nH]c3ccccc23)cc(Cl)c1OC. The summed E-state index contributed by atoms with van der Waals surface area (Å²) >= 11 is 6.12. The van der Waals surface area contributed by atoms with E-state index in [-0.39, 0.29) is 16.4 Å². The number of aromatic amines is 1. The molecule has 0 aliphatic carbocycles. The molecule has 140 valence electrons. The van der Waals surface area contributed by atoms with Crippen molar-refractivity contribution in [1.29, 1.82) is 0 Å². The second-order valence-corrected chi connectivity index (χ2v) is 6.26. The number of carbonyl (C=O) groups excluding carboxylic acids is 2. The van der Waals surface area contributed by atoms with Gasteiger partial charge in [0.25, 0.3) is 0 Å². The molecular weight excluding hydrogens is 370 g/mol. The van der Waals surface area contributed by atoms with Gasteiger partial charge in [0.1, 0.15) is 0 Å².